The molecule has 1 aromatic carbocycles. The Morgan fingerprint density at radius 3 is 2.75 bits per heavy atom. The maximum atomic E-state index is 12.0. The summed E-state index contributed by atoms with van der Waals surface area (Å²) >= 11 is 0. The molecule has 106 valence electrons. The minimum absolute atomic E-state index is 0.0121. The zero-order valence-corrected chi connectivity index (χ0v) is 12.2. The molecule has 0 radical (unpaired) electrons. The summed E-state index contributed by atoms with van der Waals surface area (Å²) in [6, 6.07) is 9.58. The zero-order valence-electron chi connectivity index (χ0n) is 12.2. The molecule has 4 nitrogen and oxygen atoms in total. The minimum Gasteiger partial charge on any atom is -0.325 e. The topological polar surface area (TPSA) is 54.0 Å². The Morgan fingerprint density at radius 2 is 2.00 bits per heavy atom. The van der Waals surface area contributed by atoms with Gasteiger partial charge < -0.3 is 10.6 Å². The van der Waals surface area contributed by atoms with E-state index in [0.29, 0.717) is 13.0 Å². The quantitative estimate of drug-likeness (QED) is 0.899. The van der Waals surface area contributed by atoms with E-state index >= 15 is 0 Å². The number of nitrogens with zero attached hydrogens (tertiary/aromatic N) is 1. The van der Waals surface area contributed by atoms with Gasteiger partial charge in [0.25, 0.3) is 0 Å². The standard InChI is InChI=1S/C16H21N3O/c1-16(2,3)18-11-9-15(20)19-14-8-4-7-13-12(14)6-5-10-17-13/h4-8,10,18H,9,11H2,1-3H3,(H,19,20). The molecule has 0 aliphatic carbocycles. The van der Waals surface area contributed by atoms with Crippen molar-refractivity contribution < 1.29 is 4.79 Å². The van der Waals surface area contributed by atoms with Gasteiger partial charge in [0.2, 0.25) is 5.91 Å². The highest BCUT2D eigenvalue weighted by atomic mass is 16.1. The largest absolute Gasteiger partial charge is 0.325 e. The number of nitrogens with one attached hydrogen (secondary N) is 2. The number of anilines is 1. The van der Waals surface area contributed by atoms with Gasteiger partial charge >= 0.3 is 0 Å². The normalized spacial score (nSPS) is 11.6. The number of carbonyl (C=O) groups excluding carboxylic acids is 1. The van der Waals surface area contributed by atoms with E-state index in [1.807, 2.05) is 30.3 Å². The average molecular weight is 271 g/mol. The second-order valence-corrected chi connectivity index (χ2v) is 5.85. The highest BCUT2D eigenvalue weighted by molar-refractivity contribution is 6.00. The maximum Gasteiger partial charge on any atom is 0.225 e. The van der Waals surface area contributed by atoms with Crippen LogP contribution in [-0.4, -0.2) is 23.0 Å². The molecule has 1 aromatic heterocycles. The third-order valence-corrected chi connectivity index (χ3v) is 2.93. The first kappa shape index (κ1) is 14.5. The SMILES string of the molecule is CC(C)(C)NCCC(=O)Nc1cccc2ncccc12. The van der Waals surface area contributed by atoms with Crippen LogP contribution < -0.4 is 10.6 Å². The van der Waals surface area contributed by atoms with Crippen molar-refractivity contribution in [3.8, 4) is 0 Å². The van der Waals surface area contributed by atoms with Crippen molar-refractivity contribution in [2.75, 3.05) is 11.9 Å². The first-order valence-electron chi connectivity index (χ1n) is 6.84. The Balaban J connectivity index is 2.00. The number of hydrogen-bond acceptors (Lipinski definition) is 3. The predicted octanol–water partition coefficient (Wildman–Crippen LogP) is 2.95. The molecular formula is C16H21N3O. The molecule has 0 saturated carbocycles. The molecule has 0 atom stereocenters. The second-order valence-electron chi connectivity index (χ2n) is 5.85. The maximum absolute atomic E-state index is 12.0. The average Bonchev–Trinajstić information content (AvgIpc) is 2.37. The fourth-order valence-corrected chi connectivity index (χ4v) is 1.98. The molecule has 0 spiro atoms. The summed E-state index contributed by atoms with van der Waals surface area (Å²) in [5.41, 5.74) is 1.73. The number of amides is 1. The molecule has 0 unspecified atom stereocenters. The Labute approximate surface area is 119 Å². The Hall–Kier alpha value is -1.94. The monoisotopic (exact) mass is 271 g/mol. The Morgan fingerprint density at radius 1 is 1.20 bits per heavy atom. The van der Waals surface area contributed by atoms with Gasteiger partial charge in [0.05, 0.1) is 11.2 Å². The van der Waals surface area contributed by atoms with Crippen molar-refractivity contribution in [1.29, 1.82) is 0 Å². The van der Waals surface area contributed by atoms with Crippen molar-refractivity contribution >= 4 is 22.5 Å². The summed E-state index contributed by atoms with van der Waals surface area (Å²) in [4.78, 5) is 16.3. The number of hydrogen-bond donors (Lipinski definition) is 2. The molecule has 2 rings (SSSR count). The van der Waals surface area contributed by atoms with E-state index in [1.54, 1.807) is 6.20 Å². The van der Waals surface area contributed by atoms with Gasteiger partial charge in [-0.05, 0) is 45.0 Å². The summed E-state index contributed by atoms with van der Waals surface area (Å²) < 4.78 is 0. The number of carbonyl (C=O) groups is 1. The molecule has 2 aromatic rings. The highest BCUT2D eigenvalue weighted by Crippen LogP contribution is 2.21. The van der Waals surface area contributed by atoms with Gasteiger partial charge in [0, 0.05) is 30.1 Å². The molecule has 4 heteroatoms. The van der Waals surface area contributed by atoms with Gasteiger partial charge in [-0.1, -0.05) is 6.07 Å². The summed E-state index contributed by atoms with van der Waals surface area (Å²) in [5.74, 6) is 0.0121. The van der Waals surface area contributed by atoms with Gasteiger partial charge in [-0.2, -0.15) is 0 Å². The second kappa shape index (κ2) is 6.01. The van der Waals surface area contributed by atoms with Crippen molar-refractivity contribution in [3.63, 3.8) is 0 Å². The van der Waals surface area contributed by atoms with Gasteiger partial charge in [-0.25, -0.2) is 0 Å². The van der Waals surface area contributed by atoms with E-state index in [1.165, 1.54) is 0 Å². The van der Waals surface area contributed by atoms with E-state index in [2.05, 4.69) is 36.4 Å². The number of benzene rings is 1. The molecule has 0 bridgehead atoms. The van der Waals surface area contributed by atoms with Crippen LogP contribution in [0.25, 0.3) is 10.9 Å². The van der Waals surface area contributed by atoms with E-state index in [0.717, 1.165) is 16.6 Å². The van der Waals surface area contributed by atoms with Gasteiger partial charge in [-0.3, -0.25) is 9.78 Å². The van der Waals surface area contributed by atoms with E-state index in [-0.39, 0.29) is 11.4 Å². The first-order chi connectivity index (χ1) is 9.46. The zero-order chi connectivity index (χ0) is 14.6. The van der Waals surface area contributed by atoms with Crippen LogP contribution in [0.15, 0.2) is 36.5 Å². The van der Waals surface area contributed by atoms with Crippen molar-refractivity contribution in [3.05, 3.63) is 36.5 Å². The van der Waals surface area contributed by atoms with Crippen molar-refractivity contribution in [1.82, 2.24) is 10.3 Å². The molecule has 1 amide bonds. The van der Waals surface area contributed by atoms with Crippen molar-refractivity contribution in [2.45, 2.75) is 32.7 Å². The van der Waals surface area contributed by atoms with E-state index in [4.69, 9.17) is 0 Å². The lowest BCUT2D eigenvalue weighted by Gasteiger charge is -2.20. The van der Waals surface area contributed by atoms with Crippen LogP contribution in [0.3, 0.4) is 0 Å². The predicted molar refractivity (Wildman–Crippen MR) is 82.7 cm³/mol. The first-order valence-corrected chi connectivity index (χ1v) is 6.84. The Kier molecular flexibility index (Phi) is 4.35. The molecular weight excluding hydrogens is 250 g/mol. The molecule has 2 N–H and O–H groups in total. The molecule has 0 saturated heterocycles. The van der Waals surface area contributed by atoms with Crippen LogP contribution >= 0.6 is 0 Å². The third kappa shape index (κ3) is 4.03. The van der Waals surface area contributed by atoms with Crippen LogP contribution in [0.5, 0.6) is 0 Å². The molecule has 0 fully saturated rings. The van der Waals surface area contributed by atoms with Crippen LogP contribution in [0.2, 0.25) is 0 Å². The number of fused-ring (bicyclic) bond motifs is 1. The van der Waals surface area contributed by atoms with Crippen LogP contribution in [0.1, 0.15) is 27.2 Å². The van der Waals surface area contributed by atoms with Gasteiger partial charge in [-0.15, -0.1) is 0 Å². The third-order valence-electron chi connectivity index (χ3n) is 2.93. The van der Waals surface area contributed by atoms with Gasteiger partial charge in [0.1, 0.15) is 0 Å². The summed E-state index contributed by atoms with van der Waals surface area (Å²) in [7, 11) is 0. The molecule has 1 heterocycles. The summed E-state index contributed by atoms with van der Waals surface area (Å²) in [5, 5.41) is 7.22. The number of aromatic nitrogens is 1. The lowest BCUT2D eigenvalue weighted by atomic mass is 10.1. The summed E-state index contributed by atoms with van der Waals surface area (Å²) in [6.45, 7) is 6.92. The van der Waals surface area contributed by atoms with Crippen molar-refractivity contribution in [2.24, 2.45) is 0 Å². The van der Waals surface area contributed by atoms with Crippen LogP contribution in [-0.2, 0) is 4.79 Å². The smallest absolute Gasteiger partial charge is 0.225 e. The highest BCUT2D eigenvalue weighted by Gasteiger charge is 2.10. The molecule has 0 aliphatic rings. The van der Waals surface area contributed by atoms with E-state index in [9.17, 15) is 4.79 Å². The van der Waals surface area contributed by atoms with Crippen LogP contribution in [0, 0.1) is 0 Å². The lowest BCUT2D eigenvalue weighted by molar-refractivity contribution is -0.116. The van der Waals surface area contributed by atoms with Gasteiger partial charge in [0.15, 0.2) is 0 Å². The number of rotatable bonds is 4. The minimum atomic E-state index is 0.0121. The Bertz CT molecular complexity index is 597. The molecule has 20 heavy (non-hydrogen) atoms. The lowest BCUT2D eigenvalue weighted by Crippen LogP contribution is -2.37. The van der Waals surface area contributed by atoms with Crippen LogP contribution in [0.4, 0.5) is 5.69 Å². The molecule has 0 aliphatic heterocycles. The number of pyridine rings is 1. The van der Waals surface area contributed by atoms with E-state index < -0.39 is 0 Å². The summed E-state index contributed by atoms with van der Waals surface area (Å²) in [6.07, 6.45) is 2.20. The fraction of sp³-hybridized carbons (Fsp3) is 0.375. The fourth-order valence-electron chi connectivity index (χ4n) is 1.98.